The fraction of sp³-hybridized carbons (Fsp3) is 0.615. The lowest BCUT2D eigenvalue weighted by atomic mass is 10.1. The summed E-state index contributed by atoms with van der Waals surface area (Å²) in [7, 11) is 0. The summed E-state index contributed by atoms with van der Waals surface area (Å²) in [6.07, 6.45) is 1.26. The second kappa shape index (κ2) is 4.42. The first-order valence-corrected chi connectivity index (χ1v) is 6.05. The van der Waals surface area contributed by atoms with E-state index in [1.165, 1.54) is 6.42 Å². The molecule has 3 heteroatoms. The Bertz CT molecular complexity index is 375. The van der Waals surface area contributed by atoms with E-state index in [1.807, 2.05) is 6.92 Å². The minimum absolute atomic E-state index is 0.574. The van der Waals surface area contributed by atoms with Gasteiger partial charge in [-0.15, -0.1) is 0 Å². The van der Waals surface area contributed by atoms with Crippen molar-refractivity contribution in [3.63, 3.8) is 0 Å². The molecule has 2 rings (SSSR count). The zero-order valence-corrected chi connectivity index (χ0v) is 10.4. The molecule has 0 saturated carbocycles. The molecule has 0 aromatic carbocycles. The Hall–Kier alpha value is -1.09. The lowest BCUT2D eigenvalue weighted by Crippen LogP contribution is -2.27. The molecule has 2 heterocycles. The van der Waals surface area contributed by atoms with E-state index in [0.29, 0.717) is 12.6 Å². The van der Waals surface area contributed by atoms with Gasteiger partial charge < -0.3 is 10.6 Å². The minimum atomic E-state index is 0.574. The zero-order chi connectivity index (χ0) is 11.7. The third-order valence-corrected chi connectivity index (χ3v) is 3.48. The molecule has 0 aliphatic carbocycles. The van der Waals surface area contributed by atoms with Crippen LogP contribution >= 0.6 is 0 Å². The van der Waals surface area contributed by atoms with Crippen LogP contribution in [0.1, 0.15) is 31.5 Å². The third-order valence-electron chi connectivity index (χ3n) is 3.48. The van der Waals surface area contributed by atoms with Crippen molar-refractivity contribution in [3.05, 3.63) is 23.4 Å². The maximum absolute atomic E-state index is 5.65. The normalized spacial score (nSPS) is 25.1. The molecule has 2 unspecified atom stereocenters. The Labute approximate surface area is 97.7 Å². The van der Waals surface area contributed by atoms with Gasteiger partial charge in [0.15, 0.2) is 0 Å². The monoisotopic (exact) mass is 219 g/mol. The molecule has 0 spiro atoms. The fourth-order valence-corrected chi connectivity index (χ4v) is 2.57. The highest BCUT2D eigenvalue weighted by molar-refractivity contribution is 5.43. The smallest absolute Gasteiger partial charge is 0.129 e. The Kier molecular flexibility index (Phi) is 3.15. The van der Waals surface area contributed by atoms with Crippen molar-refractivity contribution in [1.29, 1.82) is 0 Å². The number of hydrogen-bond donors (Lipinski definition) is 1. The molecule has 2 atom stereocenters. The predicted octanol–water partition coefficient (Wildman–Crippen LogP) is 2.08. The van der Waals surface area contributed by atoms with Crippen molar-refractivity contribution in [2.45, 2.75) is 39.8 Å². The average molecular weight is 219 g/mol. The number of anilines is 1. The highest BCUT2D eigenvalue weighted by atomic mass is 15.2. The summed E-state index contributed by atoms with van der Waals surface area (Å²) >= 11 is 0. The molecule has 2 N–H and O–H groups in total. The number of aryl methyl sites for hydroxylation is 1. The Morgan fingerprint density at radius 1 is 1.44 bits per heavy atom. The van der Waals surface area contributed by atoms with Gasteiger partial charge in [0.05, 0.1) is 0 Å². The number of nitrogens with two attached hydrogens (primary N) is 1. The first-order chi connectivity index (χ1) is 7.61. The van der Waals surface area contributed by atoms with E-state index in [4.69, 9.17) is 5.73 Å². The summed E-state index contributed by atoms with van der Waals surface area (Å²) in [5.41, 5.74) is 7.85. The Morgan fingerprint density at radius 2 is 2.19 bits per heavy atom. The fourth-order valence-electron chi connectivity index (χ4n) is 2.57. The molecule has 1 aliphatic rings. The van der Waals surface area contributed by atoms with Gasteiger partial charge in [0.2, 0.25) is 0 Å². The van der Waals surface area contributed by atoms with E-state index in [1.54, 1.807) is 0 Å². The van der Waals surface area contributed by atoms with Crippen molar-refractivity contribution >= 4 is 5.82 Å². The van der Waals surface area contributed by atoms with E-state index < -0.39 is 0 Å². The molecule has 16 heavy (non-hydrogen) atoms. The van der Waals surface area contributed by atoms with E-state index >= 15 is 0 Å². The Balaban J connectivity index is 2.24. The van der Waals surface area contributed by atoms with E-state index in [0.717, 1.165) is 29.5 Å². The molecule has 1 aromatic heterocycles. The van der Waals surface area contributed by atoms with Gasteiger partial charge in [-0.05, 0) is 37.8 Å². The Morgan fingerprint density at radius 3 is 2.69 bits per heavy atom. The second-order valence-corrected chi connectivity index (χ2v) is 4.96. The molecule has 0 amide bonds. The first kappa shape index (κ1) is 11.4. The van der Waals surface area contributed by atoms with E-state index in [-0.39, 0.29) is 0 Å². The van der Waals surface area contributed by atoms with Crippen LogP contribution in [0.25, 0.3) is 0 Å². The van der Waals surface area contributed by atoms with Crippen LogP contribution in [0.4, 0.5) is 5.82 Å². The minimum Gasteiger partial charge on any atom is -0.354 e. The van der Waals surface area contributed by atoms with Gasteiger partial charge >= 0.3 is 0 Å². The molecule has 0 radical (unpaired) electrons. The quantitative estimate of drug-likeness (QED) is 0.828. The lowest BCUT2D eigenvalue weighted by Gasteiger charge is -2.23. The number of aromatic nitrogens is 1. The van der Waals surface area contributed by atoms with Gasteiger partial charge in [-0.1, -0.05) is 13.0 Å². The van der Waals surface area contributed by atoms with Crippen LogP contribution in [0.2, 0.25) is 0 Å². The molecule has 1 aliphatic heterocycles. The summed E-state index contributed by atoms with van der Waals surface area (Å²) in [6.45, 7) is 8.31. The molecule has 1 saturated heterocycles. The number of nitrogens with zero attached hydrogens (tertiary/aromatic N) is 2. The van der Waals surface area contributed by atoms with Gasteiger partial charge in [0.1, 0.15) is 5.82 Å². The maximum Gasteiger partial charge on any atom is 0.129 e. The van der Waals surface area contributed by atoms with Crippen LogP contribution < -0.4 is 10.6 Å². The van der Waals surface area contributed by atoms with Gasteiger partial charge in [0.25, 0.3) is 0 Å². The average Bonchev–Trinajstić information content (AvgIpc) is 2.58. The number of pyridine rings is 1. The lowest BCUT2D eigenvalue weighted by molar-refractivity contribution is 0.625. The van der Waals surface area contributed by atoms with Crippen molar-refractivity contribution in [3.8, 4) is 0 Å². The standard InChI is InChI=1S/C13H21N3/c1-9-6-10(2)16(8-9)13-5-4-12(7-14)11(3)15-13/h4-5,9-10H,6-8,14H2,1-3H3. The highest BCUT2D eigenvalue weighted by Crippen LogP contribution is 2.27. The van der Waals surface area contributed by atoms with Gasteiger partial charge in [-0.2, -0.15) is 0 Å². The summed E-state index contributed by atoms with van der Waals surface area (Å²) in [5, 5.41) is 0. The maximum atomic E-state index is 5.65. The van der Waals surface area contributed by atoms with Crippen LogP contribution in [0.3, 0.4) is 0 Å². The van der Waals surface area contributed by atoms with Crippen LogP contribution in [-0.4, -0.2) is 17.6 Å². The summed E-state index contributed by atoms with van der Waals surface area (Å²) in [6, 6.07) is 4.81. The molecule has 1 fully saturated rings. The molecule has 0 bridgehead atoms. The van der Waals surface area contributed by atoms with Crippen LogP contribution in [0, 0.1) is 12.8 Å². The molecular weight excluding hydrogens is 198 g/mol. The molecule has 3 nitrogen and oxygen atoms in total. The number of rotatable bonds is 2. The first-order valence-electron chi connectivity index (χ1n) is 6.05. The van der Waals surface area contributed by atoms with Crippen LogP contribution in [0.5, 0.6) is 0 Å². The molecule has 1 aromatic rings. The van der Waals surface area contributed by atoms with E-state index in [2.05, 4.69) is 35.9 Å². The predicted molar refractivity (Wildman–Crippen MR) is 67.5 cm³/mol. The highest BCUT2D eigenvalue weighted by Gasteiger charge is 2.27. The summed E-state index contributed by atoms with van der Waals surface area (Å²) < 4.78 is 0. The third kappa shape index (κ3) is 2.05. The van der Waals surface area contributed by atoms with Crippen LogP contribution in [0.15, 0.2) is 12.1 Å². The van der Waals surface area contributed by atoms with Crippen LogP contribution in [-0.2, 0) is 6.54 Å². The summed E-state index contributed by atoms with van der Waals surface area (Å²) in [5.74, 6) is 1.87. The van der Waals surface area contributed by atoms with Gasteiger partial charge in [0, 0.05) is 24.8 Å². The van der Waals surface area contributed by atoms with Crippen molar-refractivity contribution < 1.29 is 0 Å². The van der Waals surface area contributed by atoms with E-state index in [9.17, 15) is 0 Å². The second-order valence-electron chi connectivity index (χ2n) is 4.96. The SMILES string of the molecule is Cc1nc(N2CC(C)CC2C)ccc1CN. The van der Waals surface area contributed by atoms with Crippen molar-refractivity contribution in [1.82, 2.24) is 4.98 Å². The molecule has 88 valence electrons. The van der Waals surface area contributed by atoms with Crippen molar-refractivity contribution in [2.24, 2.45) is 11.7 Å². The number of hydrogen-bond acceptors (Lipinski definition) is 3. The summed E-state index contributed by atoms with van der Waals surface area (Å²) in [4.78, 5) is 7.06. The largest absolute Gasteiger partial charge is 0.354 e. The molecular formula is C13H21N3. The van der Waals surface area contributed by atoms with Gasteiger partial charge in [-0.25, -0.2) is 4.98 Å². The topological polar surface area (TPSA) is 42.2 Å². The van der Waals surface area contributed by atoms with Crippen molar-refractivity contribution in [2.75, 3.05) is 11.4 Å². The zero-order valence-electron chi connectivity index (χ0n) is 10.4. The van der Waals surface area contributed by atoms with Gasteiger partial charge in [-0.3, -0.25) is 0 Å².